The van der Waals surface area contributed by atoms with Gasteiger partial charge in [0, 0.05) is 23.6 Å². The van der Waals surface area contributed by atoms with Crippen molar-refractivity contribution < 1.29 is 4.79 Å². The molecule has 1 aromatic carbocycles. The molecule has 0 spiro atoms. The van der Waals surface area contributed by atoms with Gasteiger partial charge in [-0.05, 0) is 24.3 Å². The molecule has 1 heterocycles. The molecule has 4 heteroatoms. The van der Waals surface area contributed by atoms with Crippen molar-refractivity contribution in [1.29, 1.82) is 0 Å². The lowest BCUT2D eigenvalue weighted by Crippen LogP contribution is -2.27. The molecule has 1 amide bonds. The van der Waals surface area contributed by atoms with E-state index in [0.29, 0.717) is 12.3 Å². The molecule has 0 atom stereocenters. The summed E-state index contributed by atoms with van der Waals surface area (Å²) in [4.78, 5) is 14.5. The Hall–Kier alpha value is -1.42. The summed E-state index contributed by atoms with van der Waals surface area (Å²) in [5.41, 5.74) is 2.41. The van der Waals surface area contributed by atoms with Crippen molar-refractivity contribution in [2.75, 3.05) is 18.6 Å². The number of para-hydroxylation sites is 1. The largest absolute Gasteiger partial charge is 0.361 e. The second kappa shape index (κ2) is 5.77. The van der Waals surface area contributed by atoms with Gasteiger partial charge in [-0.15, -0.1) is 0 Å². The molecule has 2 rings (SSSR count). The molecule has 0 radical (unpaired) electrons. The summed E-state index contributed by atoms with van der Waals surface area (Å²) in [6, 6.07) is 8.21. The average molecular weight is 248 g/mol. The summed E-state index contributed by atoms with van der Waals surface area (Å²) in [6.45, 7) is 0.696. The predicted molar refractivity (Wildman–Crippen MR) is 73.4 cm³/mol. The Morgan fingerprint density at radius 2 is 2.24 bits per heavy atom. The third kappa shape index (κ3) is 3.03. The van der Waals surface area contributed by atoms with Crippen molar-refractivity contribution in [3.8, 4) is 0 Å². The molecule has 90 valence electrons. The van der Waals surface area contributed by atoms with E-state index in [1.54, 1.807) is 11.8 Å². The van der Waals surface area contributed by atoms with Crippen LogP contribution < -0.4 is 5.32 Å². The summed E-state index contributed by atoms with van der Waals surface area (Å²) in [6.07, 6.45) is 4.81. The van der Waals surface area contributed by atoms with E-state index in [1.807, 2.05) is 24.6 Å². The lowest BCUT2D eigenvalue weighted by molar-refractivity contribution is -0.118. The minimum Gasteiger partial charge on any atom is -0.361 e. The number of amides is 1. The summed E-state index contributed by atoms with van der Waals surface area (Å²) in [5.74, 6) is 0.644. The Labute approximate surface area is 105 Å². The van der Waals surface area contributed by atoms with Crippen LogP contribution in [0.4, 0.5) is 0 Å². The molecule has 1 aromatic heterocycles. The van der Waals surface area contributed by atoms with Gasteiger partial charge in [0.25, 0.3) is 0 Å². The predicted octanol–water partition coefficient (Wildman–Crippen LogP) is 2.19. The van der Waals surface area contributed by atoms with Crippen molar-refractivity contribution in [1.82, 2.24) is 10.3 Å². The maximum Gasteiger partial charge on any atom is 0.229 e. The topological polar surface area (TPSA) is 44.9 Å². The number of rotatable bonds is 5. The number of thioether (sulfide) groups is 1. The van der Waals surface area contributed by atoms with Crippen molar-refractivity contribution in [2.24, 2.45) is 0 Å². The van der Waals surface area contributed by atoms with Gasteiger partial charge in [-0.2, -0.15) is 11.8 Å². The molecule has 0 bridgehead atoms. The minimum atomic E-state index is 0.109. The first-order chi connectivity index (χ1) is 8.31. The van der Waals surface area contributed by atoms with Gasteiger partial charge in [0.2, 0.25) is 5.91 Å². The number of carbonyl (C=O) groups excluding carboxylic acids is 1. The highest BCUT2D eigenvalue weighted by Crippen LogP contribution is 2.17. The zero-order chi connectivity index (χ0) is 12.1. The number of hydrogen-bond acceptors (Lipinski definition) is 2. The Kier molecular flexibility index (Phi) is 4.09. The zero-order valence-corrected chi connectivity index (χ0v) is 10.6. The van der Waals surface area contributed by atoms with E-state index in [0.717, 1.165) is 11.9 Å². The monoisotopic (exact) mass is 248 g/mol. The molecule has 0 fully saturated rings. The highest BCUT2D eigenvalue weighted by molar-refractivity contribution is 7.99. The van der Waals surface area contributed by atoms with Gasteiger partial charge < -0.3 is 10.3 Å². The van der Waals surface area contributed by atoms with Crippen LogP contribution in [-0.2, 0) is 11.2 Å². The van der Waals surface area contributed by atoms with Gasteiger partial charge in [-0.25, -0.2) is 0 Å². The number of hydrogen-bond donors (Lipinski definition) is 2. The summed E-state index contributed by atoms with van der Waals surface area (Å²) in [5, 5.41) is 4.16. The van der Waals surface area contributed by atoms with Crippen molar-refractivity contribution in [3.05, 3.63) is 36.0 Å². The molecular formula is C13H16N2OS. The number of fused-ring (bicyclic) bond motifs is 1. The molecule has 0 aliphatic heterocycles. The first kappa shape index (κ1) is 12.0. The SMILES string of the molecule is CSCC(=O)NCCc1c[nH]c2ccccc12. The number of aromatic nitrogens is 1. The smallest absolute Gasteiger partial charge is 0.229 e. The molecule has 17 heavy (non-hydrogen) atoms. The summed E-state index contributed by atoms with van der Waals surface area (Å²) < 4.78 is 0. The zero-order valence-electron chi connectivity index (χ0n) is 9.82. The second-order valence-electron chi connectivity index (χ2n) is 3.89. The van der Waals surface area contributed by atoms with Gasteiger partial charge in [0.1, 0.15) is 0 Å². The number of nitrogens with one attached hydrogen (secondary N) is 2. The van der Waals surface area contributed by atoms with E-state index < -0.39 is 0 Å². The number of H-pyrrole nitrogens is 1. The highest BCUT2D eigenvalue weighted by Gasteiger charge is 2.03. The third-order valence-electron chi connectivity index (χ3n) is 2.67. The number of aromatic amines is 1. The van der Waals surface area contributed by atoms with Crippen molar-refractivity contribution in [2.45, 2.75) is 6.42 Å². The van der Waals surface area contributed by atoms with Gasteiger partial charge in [-0.3, -0.25) is 4.79 Å². The molecule has 0 aliphatic carbocycles. The lowest BCUT2D eigenvalue weighted by atomic mass is 10.1. The van der Waals surface area contributed by atoms with Crippen LogP contribution in [0.5, 0.6) is 0 Å². The minimum absolute atomic E-state index is 0.109. The maximum absolute atomic E-state index is 11.3. The summed E-state index contributed by atoms with van der Waals surface area (Å²) >= 11 is 1.54. The number of benzene rings is 1. The van der Waals surface area contributed by atoms with Crippen LogP contribution in [0.15, 0.2) is 30.5 Å². The van der Waals surface area contributed by atoms with Crippen LogP contribution in [0.1, 0.15) is 5.56 Å². The van der Waals surface area contributed by atoms with E-state index in [9.17, 15) is 4.79 Å². The molecular weight excluding hydrogens is 232 g/mol. The Balaban J connectivity index is 1.93. The van der Waals surface area contributed by atoms with Gasteiger partial charge in [0.05, 0.1) is 5.75 Å². The van der Waals surface area contributed by atoms with E-state index in [-0.39, 0.29) is 5.91 Å². The van der Waals surface area contributed by atoms with Crippen molar-refractivity contribution in [3.63, 3.8) is 0 Å². The van der Waals surface area contributed by atoms with Crippen molar-refractivity contribution >= 4 is 28.6 Å². The Bertz CT molecular complexity index is 507. The van der Waals surface area contributed by atoms with Crippen LogP contribution >= 0.6 is 11.8 Å². The highest BCUT2D eigenvalue weighted by atomic mass is 32.2. The van der Waals surface area contributed by atoms with Gasteiger partial charge in [-0.1, -0.05) is 18.2 Å². The molecule has 0 saturated carbocycles. The van der Waals surface area contributed by atoms with Crippen LogP contribution in [0, 0.1) is 0 Å². The van der Waals surface area contributed by atoms with Gasteiger partial charge in [0.15, 0.2) is 0 Å². The third-order valence-corrected chi connectivity index (χ3v) is 3.22. The van der Waals surface area contributed by atoms with Crippen LogP contribution in [0.2, 0.25) is 0 Å². The Morgan fingerprint density at radius 1 is 1.41 bits per heavy atom. The second-order valence-corrected chi connectivity index (χ2v) is 4.76. The normalized spacial score (nSPS) is 10.6. The lowest BCUT2D eigenvalue weighted by Gasteiger charge is -2.03. The van der Waals surface area contributed by atoms with E-state index in [2.05, 4.69) is 22.4 Å². The fourth-order valence-electron chi connectivity index (χ4n) is 1.86. The van der Waals surface area contributed by atoms with E-state index in [1.165, 1.54) is 10.9 Å². The average Bonchev–Trinajstić information content (AvgIpc) is 2.73. The first-order valence-corrected chi connectivity index (χ1v) is 7.01. The molecule has 3 nitrogen and oxygen atoms in total. The molecule has 0 saturated heterocycles. The maximum atomic E-state index is 11.3. The fourth-order valence-corrected chi connectivity index (χ4v) is 2.22. The van der Waals surface area contributed by atoms with E-state index >= 15 is 0 Å². The quantitative estimate of drug-likeness (QED) is 0.852. The Morgan fingerprint density at radius 3 is 3.06 bits per heavy atom. The number of carbonyl (C=O) groups is 1. The van der Waals surface area contributed by atoms with Crippen LogP contribution in [0.25, 0.3) is 10.9 Å². The van der Waals surface area contributed by atoms with E-state index in [4.69, 9.17) is 0 Å². The standard InChI is InChI=1S/C13H16N2OS/c1-17-9-13(16)14-7-6-10-8-15-12-5-3-2-4-11(10)12/h2-5,8,15H,6-7,9H2,1H3,(H,14,16). The first-order valence-electron chi connectivity index (χ1n) is 5.62. The van der Waals surface area contributed by atoms with Gasteiger partial charge >= 0.3 is 0 Å². The fraction of sp³-hybridized carbons (Fsp3) is 0.308. The summed E-state index contributed by atoms with van der Waals surface area (Å²) in [7, 11) is 0. The molecule has 0 aliphatic rings. The molecule has 0 unspecified atom stereocenters. The molecule has 2 aromatic rings. The molecule has 2 N–H and O–H groups in total. The van der Waals surface area contributed by atoms with Crippen LogP contribution in [0.3, 0.4) is 0 Å². The van der Waals surface area contributed by atoms with Crippen LogP contribution in [-0.4, -0.2) is 29.4 Å².